The molecule has 3 nitrogen and oxygen atoms in total. The molecule has 0 N–H and O–H groups in total. The molecule has 0 saturated heterocycles. The normalized spacial score (nSPS) is 13.8. The number of esters is 1. The highest BCUT2D eigenvalue weighted by Crippen LogP contribution is 2.29. The first-order chi connectivity index (χ1) is 8.31. The zero-order valence-corrected chi connectivity index (χ0v) is 10.5. The predicted octanol–water partition coefficient (Wildman–Crippen LogP) is 3.09. The molecular formula is C13H15NO2S. The van der Waals surface area contributed by atoms with Gasteiger partial charge in [-0.2, -0.15) is 5.26 Å². The van der Waals surface area contributed by atoms with Gasteiger partial charge in [0.05, 0.1) is 12.7 Å². The highest BCUT2D eigenvalue weighted by Gasteiger charge is 2.17. The molecule has 90 valence electrons. The van der Waals surface area contributed by atoms with Crippen molar-refractivity contribution in [3.8, 4) is 6.07 Å². The van der Waals surface area contributed by atoms with Gasteiger partial charge in [0.2, 0.25) is 0 Å². The number of carbonyl (C=O) groups excluding carboxylic acids is 1. The number of nitriles is 1. The standard InChI is InChI=1S/C13H15NO2S/c14-7-3-4-8-16-13(15)12-9-10-5-1-2-6-11(10)17-12/h9H,1-6,8H2. The second-order valence-electron chi connectivity index (χ2n) is 4.16. The van der Waals surface area contributed by atoms with Crippen LogP contribution in [0.15, 0.2) is 6.07 Å². The second-order valence-corrected chi connectivity index (χ2v) is 5.30. The summed E-state index contributed by atoms with van der Waals surface area (Å²) in [4.78, 5) is 13.8. The van der Waals surface area contributed by atoms with E-state index in [0.29, 0.717) is 24.3 Å². The SMILES string of the molecule is N#CCCCOC(=O)c1cc2c(s1)CCCC2. The van der Waals surface area contributed by atoms with E-state index in [0.717, 1.165) is 12.8 Å². The Bertz CT molecular complexity index is 421. The van der Waals surface area contributed by atoms with E-state index in [4.69, 9.17) is 10.00 Å². The highest BCUT2D eigenvalue weighted by atomic mass is 32.1. The van der Waals surface area contributed by atoms with Crippen LogP contribution in [0, 0.1) is 11.3 Å². The molecule has 0 amide bonds. The molecule has 0 saturated carbocycles. The monoisotopic (exact) mass is 249 g/mol. The highest BCUT2D eigenvalue weighted by molar-refractivity contribution is 7.14. The lowest BCUT2D eigenvalue weighted by Gasteiger charge is -2.08. The van der Waals surface area contributed by atoms with Gasteiger partial charge in [-0.15, -0.1) is 11.3 Å². The van der Waals surface area contributed by atoms with Gasteiger partial charge < -0.3 is 4.74 Å². The maximum Gasteiger partial charge on any atom is 0.348 e. The van der Waals surface area contributed by atoms with Gasteiger partial charge in [-0.3, -0.25) is 0 Å². The number of hydrogen-bond acceptors (Lipinski definition) is 4. The third-order valence-corrected chi connectivity index (χ3v) is 4.08. The minimum absolute atomic E-state index is 0.234. The largest absolute Gasteiger partial charge is 0.461 e. The molecule has 1 aliphatic carbocycles. The molecule has 17 heavy (non-hydrogen) atoms. The molecule has 0 spiro atoms. The van der Waals surface area contributed by atoms with Crippen molar-refractivity contribution in [3.05, 3.63) is 21.4 Å². The Morgan fingerprint density at radius 2 is 2.29 bits per heavy atom. The molecule has 0 aliphatic heterocycles. The van der Waals surface area contributed by atoms with Crippen LogP contribution in [0.5, 0.6) is 0 Å². The van der Waals surface area contributed by atoms with Crippen molar-refractivity contribution in [1.82, 2.24) is 0 Å². The maximum atomic E-state index is 11.7. The van der Waals surface area contributed by atoms with Crippen LogP contribution in [0.1, 0.15) is 45.8 Å². The van der Waals surface area contributed by atoms with Crippen LogP contribution in [0.2, 0.25) is 0 Å². The molecule has 0 radical (unpaired) electrons. The van der Waals surface area contributed by atoms with Gasteiger partial charge in [0.25, 0.3) is 0 Å². The number of unbranched alkanes of at least 4 members (excludes halogenated alkanes) is 1. The third kappa shape index (κ3) is 3.07. The topological polar surface area (TPSA) is 50.1 Å². The van der Waals surface area contributed by atoms with E-state index >= 15 is 0 Å². The Hall–Kier alpha value is -1.34. The second kappa shape index (κ2) is 5.83. The van der Waals surface area contributed by atoms with Crippen LogP contribution in [0.3, 0.4) is 0 Å². The van der Waals surface area contributed by atoms with Crippen LogP contribution in [-0.4, -0.2) is 12.6 Å². The summed E-state index contributed by atoms with van der Waals surface area (Å²) in [5, 5.41) is 8.37. The first-order valence-electron chi connectivity index (χ1n) is 5.97. The lowest BCUT2D eigenvalue weighted by atomic mass is 9.99. The summed E-state index contributed by atoms with van der Waals surface area (Å²) in [6.07, 6.45) is 5.70. The van der Waals surface area contributed by atoms with Crippen LogP contribution >= 0.6 is 11.3 Å². The summed E-state index contributed by atoms with van der Waals surface area (Å²) in [5.41, 5.74) is 1.32. The van der Waals surface area contributed by atoms with E-state index in [1.807, 2.05) is 12.1 Å². The van der Waals surface area contributed by atoms with Crippen LogP contribution in [0.4, 0.5) is 0 Å². The van der Waals surface area contributed by atoms with Gasteiger partial charge in [-0.1, -0.05) is 0 Å². The summed E-state index contributed by atoms with van der Waals surface area (Å²) in [6.45, 7) is 0.342. The molecule has 1 aromatic heterocycles. The molecule has 1 aliphatic rings. The number of thiophene rings is 1. The van der Waals surface area contributed by atoms with Crippen molar-refractivity contribution in [2.75, 3.05) is 6.61 Å². The van der Waals surface area contributed by atoms with Gasteiger partial charge in [0.15, 0.2) is 0 Å². The summed E-state index contributed by atoms with van der Waals surface area (Å²) in [7, 11) is 0. The van der Waals surface area contributed by atoms with Crippen molar-refractivity contribution in [2.24, 2.45) is 0 Å². The number of hydrogen-bond donors (Lipinski definition) is 0. The minimum Gasteiger partial charge on any atom is -0.461 e. The number of rotatable bonds is 4. The van der Waals surface area contributed by atoms with E-state index in [2.05, 4.69) is 0 Å². The van der Waals surface area contributed by atoms with E-state index < -0.39 is 0 Å². The van der Waals surface area contributed by atoms with Gasteiger partial charge >= 0.3 is 5.97 Å². The van der Waals surface area contributed by atoms with Gasteiger partial charge in [0, 0.05) is 11.3 Å². The Morgan fingerprint density at radius 3 is 3.06 bits per heavy atom. The van der Waals surface area contributed by atoms with E-state index in [1.54, 1.807) is 11.3 Å². The molecule has 4 heteroatoms. The van der Waals surface area contributed by atoms with Crippen molar-refractivity contribution < 1.29 is 9.53 Å². The van der Waals surface area contributed by atoms with Gasteiger partial charge in [-0.05, 0) is 43.7 Å². The van der Waals surface area contributed by atoms with Crippen molar-refractivity contribution >= 4 is 17.3 Å². The molecule has 0 atom stereocenters. The number of carbonyl (C=O) groups is 1. The van der Waals surface area contributed by atoms with Crippen LogP contribution in [0.25, 0.3) is 0 Å². The molecule has 2 rings (SSSR count). The Kier molecular flexibility index (Phi) is 4.16. The predicted molar refractivity (Wildman–Crippen MR) is 66.1 cm³/mol. The third-order valence-electron chi connectivity index (χ3n) is 2.86. The fourth-order valence-corrected chi connectivity index (χ4v) is 3.13. The van der Waals surface area contributed by atoms with Gasteiger partial charge in [-0.25, -0.2) is 4.79 Å². The molecule has 0 aromatic carbocycles. The summed E-state index contributed by atoms with van der Waals surface area (Å²) >= 11 is 1.57. The first kappa shape index (κ1) is 12.1. The van der Waals surface area contributed by atoms with E-state index in [1.165, 1.54) is 23.3 Å². The quantitative estimate of drug-likeness (QED) is 0.608. The van der Waals surface area contributed by atoms with Crippen molar-refractivity contribution in [1.29, 1.82) is 5.26 Å². The summed E-state index contributed by atoms with van der Waals surface area (Å²) in [6, 6.07) is 4.01. The zero-order valence-electron chi connectivity index (χ0n) is 9.70. The molecule has 1 aromatic rings. The molecule has 0 bridgehead atoms. The van der Waals surface area contributed by atoms with Crippen molar-refractivity contribution in [2.45, 2.75) is 38.5 Å². The smallest absolute Gasteiger partial charge is 0.348 e. The summed E-state index contributed by atoms with van der Waals surface area (Å²) in [5.74, 6) is -0.234. The first-order valence-corrected chi connectivity index (χ1v) is 6.78. The van der Waals surface area contributed by atoms with E-state index in [9.17, 15) is 4.79 Å². The van der Waals surface area contributed by atoms with Crippen LogP contribution < -0.4 is 0 Å². The average Bonchev–Trinajstić information content (AvgIpc) is 2.78. The molecule has 1 heterocycles. The number of fused-ring (bicyclic) bond motifs is 1. The fraction of sp³-hybridized carbons (Fsp3) is 0.538. The Balaban J connectivity index is 1.91. The maximum absolute atomic E-state index is 11.7. The lowest BCUT2D eigenvalue weighted by Crippen LogP contribution is -2.04. The number of aryl methyl sites for hydroxylation is 2. The molecule has 0 unspecified atom stereocenters. The number of nitrogens with zero attached hydrogens (tertiary/aromatic N) is 1. The molecular weight excluding hydrogens is 234 g/mol. The average molecular weight is 249 g/mol. The van der Waals surface area contributed by atoms with Gasteiger partial charge in [0.1, 0.15) is 4.88 Å². The minimum atomic E-state index is -0.234. The zero-order chi connectivity index (χ0) is 12.1. The Labute approximate surface area is 105 Å². The van der Waals surface area contributed by atoms with Crippen LogP contribution in [-0.2, 0) is 17.6 Å². The number of ether oxygens (including phenoxy) is 1. The summed E-state index contributed by atoms with van der Waals surface area (Å²) < 4.78 is 5.13. The van der Waals surface area contributed by atoms with Crippen molar-refractivity contribution in [3.63, 3.8) is 0 Å². The Morgan fingerprint density at radius 1 is 1.47 bits per heavy atom. The fourth-order valence-electron chi connectivity index (χ4n) is 1.98. The van der Waals surface area contributed by atoms with E-state index in [-0.39, 0.29) is 5.97 Å². The molecule has 0 fully saturated rings. The lowest BCUT2D eigenvalue weighted by molar-refractivity contribution is 0.0507.